The van der Waals surface area contributed by atoms with Crippen molar-refractivity contribution in [1.82, 2.24) is 5.32 Å². The van der Waals surface area contributed by atoms with Crippen LogP contribution in [0.3, 0.4) is 0 Å². The molecular formula is C16H25NO. The van der Waals surface area contributed by atoms with Crippen molar-refractivity contribution < 1.29 is 4.74 Å². The lowest BCUT2D eigenvalue weighted by atomic mass is 10.2. The van der Waals surface area contributed by atoms with Crippen molar-refractivity contribution in [3.63, 3.8) is 0 Å². The fourth-order valence-electron chi connectivity index (χ4n) is 1.60. The molecule has 0 saturated heterocycles. The minimum Gasteiger partial charge on any atom is -0.373 e. The van der Waals surface area contributed by atoms with Gasteiger partial charge in [-0.3, -0.25) is 0 Å². The zero-order valence-corrected chi connectivity index (χ0v) is 11.7. The van der Waals surface area contributed by atoms with E-state index in [1.165, 1.54) is 5.56 Å². The summed E-state index contributed by atoms with van der Waals surface area (Å²) in [6, 6.07) is 10.3. The Kier molecular flexibility index (Phi) is 7.38. The van der Waals surface area contributed by atoms with Crippen LogP contribution in [0, 0.1) is 5.92 Å². The Morgan fingerprint density at radius 2 is 1.83 bits per heavy atom. The summed E-state index contributed by atoms with van der Waals surface area (Å²) in [6.07, 6.45) is 4.41. The Balaban J connectivity index is 2.12. The van der Waals surface area contributed by atoms with Crippen LogP contribution in [0.1, 0.15) is 26.3 Å². The highest BCUT2D eigenvalue weighted by Crippen LogP contribution is 2.01. The van der Waals surface area contributed by atoms with Crippen molar-refractivity contribution in [3.05, 3.63) is 42.0 Å². The van der Waals surface area contributed by atoms with Gasteiger partial charge in [-0.1, -0.05) is 56.3 Å². The Labute approximate surface area is 111 Å². The van der Waals surface area contributed by atoms with Gasteiger partial charge in [0.15, 0.2) is 0 Å². The maximum Gasteiger partial charge on any atom is 0.0675 e. The predicted molar refractivity (Wildman–Crippen MR) is 78.6 cm³/mol. The van der Waals surface area contributed by atoms with E-state index in [4.69, 9.17) is 4.74 Å². The zero-order chi connectivity index (χ0) is 13.2. The lowest BCUT2D eigenvalue weighted by molar-refractivity contribution is 0.0877. The summed E-state index contributed by atoms with van der Waals surface area (Å²) in [6.45, 7) is 9.15. The van der Waals surface area contributed by atoms with Gasteiger partial charge in [-0.25, -0.2) is 0 Å². The number of nitrogens with one attached hydrogen (secondary N) is 1. The number of ether oxygens (including phenoxy) is 1. The second-order valence-electron chi connectivity index (χ2n) is 5.01. The number of hydrogen-bond acceptors (Lipinski definition) is 2. The molecule has 0 radical (unpaired) electrons. The molecule has 0 aliphatic rings. The largest absolute Gasteiger partial charge is 0.373 e. The Morgan fingerprint density at radius 1 is 1.11 bits per heavy atom. The van der Waals surface area contributed by atoms with Crippen molar-refractivity contribution in [2.75, 3.05) is 19.7 Å². The standard InChI is InChI=1S/C16H25NO/c1-14(2)12-17-13-15(3)18-11-7-10-16-8-5-4-6-9-16/h4-10,14-15,17H,11-13H2,1-3H3. The van der Waals surface area contributed by atoms with E-state index < -0.39 is 0 Å². The van der Waals surface area contributed by atoms with E-state index in [-0.39, 0.29) is 6.10 Å². The third-order valence-electron chi connectivity index (χ3n) is 2.57. The molecule has 0 saturated carbocycles. The molecule has 0 bridgehead atoms. The van der Waals surface area contributed by atoms with Crippen LogP contribution < -0.4 is 5.32 Å². The molecule has 0 amide bonds. The molecule has 0 fully saturated rings. The lowest BCUT2D eigenvalue weighted by Gasteiger charge is -2.13. The Morgan fingerprint density at radius 3 is 2.50 bits per heavy atom. The van der Waals surface area contributed by atoms with Crippen LogP contribution in [0.15, 0.2) is 36.4 Å². The molecule has 1 unspecified atom stereocenters. The minimum absolute atomic E-state index is 0.254. The number of rotatable bonds is 8. The molecule has 1 N–H and O–H groups in total. The first-order valence-corrected chi connectivity index (χ1v) is 6.72. The minimum atomic E-state index is 0.254. The molecule has 18 heavy (non-hydrogen) atoms. The molecule has 1 aromatic rings. The van der Waals surface area contributed by atoms with Crippen molar-refractivity contribution in [2.24, 2.45) is 5.92 Å². The maximum absolute atomic E-state index is 5.70. The SMILES string of the molecule is CC(C)CNCC(C)OCC=Cc1ccccc1. The molecule has 1 aromatic carbocycles. The molecule has 0 aromatic heterocycles. The van der Waals surface area contributed by atoms with Crippen LogP contribution in [0.5, 0.6) is 0 Å². The van der Waals surface area contributed by atoms with E-state index in [9.17, 15) is 0 Å². The van der Waals surface area contributed by atoms with E-state index >= 15 is 0 Å². The fraction of sp³-hybridized carbons (Fsp3) is 0.500. The van der Waals surface area contributed by atoms with Gasteiger partial charge in [0.2, 0.25) is 0 Å². The average Bonchev–Trinajstić information content (AvgIpc) is 2.35. The van der Waals surface area contributed by atoms with Gasteiger partial charge in [0, 0.05) is 6.54 Å². The smallest absolute Gasteiger partial charge is 0.0675 e. The molecule has 0 aliphatic carbocycles. The van der Waals surface area contributed by atoms with E-state index in [0.29, 0.717) is 12.5 Å². The van der Waals surface area contributed by atoms with Crippen molar-refractivity contribution >= 4 is 6.08 Å². The molecule has 0 heterocycles. The highest BCUT2D eigenvalue weighted by Gasteiger charge is 2.00. The van der Waals surface area contributed by atoms with E-state index in [0.717, 1.165) is 13.1 Å². The number of benzene rings is 1. The third-order valence-corrected chi connectivity index (χ3v) is 2.57. The van der Waals surface area contributed by atoms with Crippen LogP contribution >= 0.6 is 0 Å². The molecule has 2 heteroatoms. The van der Waals surface area contributed by atoms with Gasteiger partial charge in [-0.2, -0.15) is 0 Å². The predicted octanol–water partition coefficient (Wildman–Crippen LogP) is 3.35. The third kappa shape index (κ3) is 7.25. The van der Waals surface area contributed by atoms with Gasteiger partial charge in [0.05, 0.1) is 12.7 Å². The maximum atomic E-state index is 5.70. The average molecular weight is 247 g/mol. The van der Waals surface area contributed by atoms with Crippen LogP contribution in [-0.4, -0.2) is 25.8 Å². The van der Waals surface area contributed by atoms with Gasteiger partial charge in [-0.05, 0) is 24.9 Å². The first-order valence-electron chi connectivity index (χ1n) is 6.72. The number of hydrogen-bond donors (Lipinski definition) is 1. The summed E-state index contributed by atoms with van der Waals surface area (Å²) in [5.41, 5.74) is 1.21. The van der Waals surface area contributed by atoms with E-state index in [1.54, 1.807) is 0 Å². The molecule has 1 atom stereocenters. The summed E-state index contributed by atoms with van der Waals surface area (Å²) in [5, 5.41) is 3.39. The van der Waals surface area contributed by atoms with Crippen molar-refractivity contribution in [3.8, 4) is 0 Å². The summed E-state index contributed by atoms with van der Waals surface area (Å²) < 4.78 is 5.70. The summed E-state index contributed by atoms with van der Waals surface area (Å²) in [4.78, 5) is 0. The quantitative estimate of drug-likeness (QED) is 0.760. The topological polar surface area (TPSA) is 21.3 Å². The summed E-state index contributed by atoms with van der Waals surface area (Å²) >= 11 is 0. The van der Waals surface area contributed by atoms with E-state index in [2.05, 4.69) is 50.4 Å². The molecule has 1 rings (SSSR count). The molecule has 2 nitrogen and oxygen atoms in total. The van der Waals surface area contributed by atoms with Crippen LogP contribution in [0.2, 0.25) is 0 Å². The van der Waals surface area contributed by atoms with Gasteiger partial charge in [-0.15, -0.1) is 0 Å². The fourth-order valence-corrected chi connectivity index (χ4v) is 1.60. The normalized spacial score (nSPS) is 13.3. The summed E-state index contributed by atoms with van der Waals surface area (Å²) in [7, 11) is 0. The van der Waals surface area contributed by atoms with Gasteiger partial charge in [0.1, 0.15) is 0 Å². The van der Waals surface area contributed by atoms with Crippen molar-refractivity contribution in [2.45, 2.75) is 26.9 Å². The molecule has 100 valence electrons. The zero-order valence-electron chi connectivity index (χ0n) is 11.7. The van der Waals surface area contributed by atoms with Gasteiger partial charge >= 0.3 is 0 Å². The molecule has 0 spiro atoms. The van der Waals surface area contributed by atoms with Crippen molar-refractivity contribution in [1.29, 1.82) is 0 Å². The lowest BCUT2D eigenvalue weighted by Crippen LogP contribution is -2.29. The highest BCUT2D eigenvalue weighted by molar-refractivity contribution is 5.48. The Bertz CT molecular complexity index is 332. The Hall–Kier alpha value is -1.12. The monoisotopic (exact) mass is 247 g/mol. The first kappa shape index (κ1) is 14.9. The van der Waals surface area contributed by atoms with Crippen LogP contribution in [0.4, 0.5) is 0 Å². The highest BCUT2D eigenvalue weighted by atomic mass is 16.5. The van der Waals surface area contributed by atoms with Gasteiger partial charge in [0.25, 0.3) is 0 Å². The second-order valence-corrected chi connectivity index (χ2v) is 5.01. The van der Waals surface area contributed by atoms with Crippen LogP contribution in [-0.2, 0) is 4.74 Å². The molecule has 0 aliphatic heterocycles. The first-order chi connectivity index (χ1) is 8.68. The summed E-state index contributed by atoms with van der Waals surface area (Å²) in [5.74, 6) is 0.690. The molecular weight excluding hydrogens is 222 g/mol. The van der Waals surface area contributed by atoms with Gasteiger partial charge < -0.3 is 10.1 Å². The van der Waals surface area contributed by atoms with E-state index in [1.807, 2.05) is 18.2 Å². The second kappa shape index (κ2) is 8.90. The van der Waals surface area contributed by atoms with Crippen LogP contribution in [0.25, 0.3) is 6.08 Å².